The van der Waals surface area contributed by atoms with Crippen molar-refractivity contribution in [2.24, 2.45) is 23.4 Å². The molecule has 2 N–H and O–H groups in total. The van der Waals surface area contributed by atoms with E-state index in [0.717, 1.165) is 14.2 Å². The summed E-state index contributed by atoms with van der Waals surface area (Å²) < 4.78 is 238. The Hall–Kier alpha value is -1.79. The van der Waals surface area contributed by atoms with Crippen LogP contribution in [0.3, 0.4) is 0 Å². The Labute approximate surface area is 217 Å². The standard InChI is InChI=1S/C24H38N2O4/c1-14(2)9-17-13-26-8-7-16-10-21(28-5)22(29-6)11-18(16)19(26)12-20(17)30-24(27)23(25)15(3)4/h10-11,14-15,17,19-20,23H,7-9,12-13,25H2,1-6H3/t17?,19?,20?,23-/m0/s1/i1D3,3D3,4D3,7D2,8D2,9D2,10D,11D,12D2,13D2,14D,15D,17D,19D,23D/t14?,17?,19?,20?,23-. The van der Waals surface area contributed by atoms with Gasteiger partial charge < -0.3 is 19.9 Å². The smallest absolute Gasteiger partial charge is 0.323 e. The third kappa shape index (κ3) is 4.75. The second-order valence-corrected chi connectivity index (χ2v) is 5.98. The van der Waals surface area contributed by atoms with Crippen LogP contribution in [-0.4, -0.2) is 50.2 Å². The highest BCUT2D eigenvalue weighted by molar-refractivity contribution is 5.76. The van der Waals surface area contributed by atoms with Crippen LogP contribution in [0.15, 0.2) is 12.1 Å². The van der Waals surface area contributed by atoms with Crippen molar-refractivity contribution in [3.8, 4) is 11.5 Å². The Balaban J connectivity index is 2.76. The molecule has 1 aromatic rings. The number of nitrogens with two attached hydrogens (primary N) is 1. The average Bonchev–Trinajstić information content (AvgIpc) is 2.99. The van der Waals surface area contributed by atoms with E-state index >= 15 is 0 Å². The summed E-state index contributed by atoms with van der Waals surface area (Å²) in [6.07, 6.45) is -16.8. The summed E-state index contributed by atoms with van der Waals surface area (Å²) in [6, 6.07) is -11.2. The fourth-order valence-corrected chi connectivity index (χ4v) is 2.56. The summed E-state index contributed by atoms with van der Waals surface area (Å²) in [6.45, 7) is -21.1. The first-order valence-electron chi connectivity index (χ1n) is 21.4. The fraction of sp³-hybridized carbons (Fsp3) is 0.708. The fourth-order valence-electron chi connectivity index (χ4n) is 2.56. The number of piperidine rings is 1. The van der Waals surface area contributed by atoms with Gasteiger partial charge in [0.15, 0.2) is 11.5 Å². The van der Waals surface area contributed by atoms with Crippen LogP contribution in [0, 0.1) is 17.7 Å². The maximum Gasteiger partial charge on any atom is 0.323 e. The van der Waals surface area contributed by atoms with E-state index in [1.807, 2.05) is 0 Å². The molecule has 168 valence electrons. The van der Waals surface area contributed by atoms with E-state index in [-0.39, 0.29) is 6.92 Å². The van der Waals surface area contributed by atoms with Gasteiger partial charge in [-0.15, -0.1) is 0 Å². The summed E-state index contributed by atoms with van der Waals surface area (Å²) in [7, 11) is 1.76. The molecule has 0 aromatic heterocycles. The Morgan fingerprint density at radius 3 is 2.83 bits per heavy atom. The summed E-state index contributed by atoms with van der Waals surface area (Å²) in [5.41, 5.74) is 2.75. The Morgan fingerprint density at radius 2 is 2.17 bits per heavy atom. The van der Waals surface area contributed by atoms with E-state index in [1.165, 1.54) is 0 Å². The number of methoxy groups -OCH3 is 2. The molecular weight excluding hydrogens is 380 g/mol. The van der Waals surface area contributed by atoms with Gasteiger partial charge in [0, 0.05) is 61.4 Å². The van der Waals surface area contributed by atoms with Crippen LogP contribution in [0.25, 0.3) is 0 Å². The molecule has 1 saturated heterocycles. The van der Waals surface area contributed by atoms with Crippen molar-refractivity contribution in [3.63, 3.8) is 0 Å². The monoisotopic (exact) mass is 444 g/mol. The third-order valence-electron chi connectivity index (χ3n) is 3.89. The highest BCUT2D eigenvalue weighted by Crippen LogP contribution is 2.44. The van der Waals surface area contributed by atoms with Gasteiger partial charge in [-0.3, -0.25) is 9.69 Å². The van der Waals surface area contributed by atoms with Crippen LogP contribution >= 0.6 is 0 Å². The highest BCUT2D eigenvalue weighted by Gasteiger charge is 2.41. The molecule has 2 aliphatic heterocycles. The lowest BCUT2D eigenvalue weighted by atomic mass is 9.79. The van der Waals surface area contributed by atoms with E-state index in [2.05, 4.69) is 0 Å². The largest absolute Gasteiger partial charge is 0.493 e. The second-order valence-electron chi connectivity index (χ2n) is 5.98. The van der Waals surface area contributed by atoms with E-state index in [1.54, 1.807) is 0 Å². The predicted molar refractivity (Wildman–Crippen MR) is 118 cm³/mol. The normalized spacial score (nSPS) is 54.3. The first-order chi connectivity index (χ1) is 24.3. The number of carbonyl (C=O) groups is 1. The molecular formula is C24H38N2O4. The minimum absolute atomic E-state index is 0.254. The summed E-state index contributed by atoms with van der Waals surface area (Å²) >= 11 is 0. The van der Waals surface area contributed by atoms with Crippen LogP contribution in [0.2, 0.25) is 0 Å². The van der Waals surface area contributed by atoms with Gasteiger partial charge in [0.2, 0.25) is 0 Å². The molecule has 1 aromatic carbocycles. The van der Waals surface area contributed by atoms with Crippen molar-refractivity contribution in [1.82, 2.24) is 4.90 Å². The molecule has 0 bridgehead atoms. The Morgan fingerprint density at radius 1 is 1.43 bits per heavy atom. The lowest BCUT2D eigenvalue weighted by molar-refractivity contribution is -0.160. The van der Waals surface area contributed by atoms with E-state index in [4.69, 9.17) is 47.4 Å². The molecule has 5 atom stereocenters. The van der Waals surface area contributed by atoms with E-state index in [0.29, 0.717) is 0 Å². The van der Waals surface area contributed by atoms with Crippen LogP contribution in [0.4, 0.5) is 0 Å². The number of hydrogen-bond donors (Lipinski definition) is 1. The van der Waals surface area contributed by atoms with Crippen molar-refractivity contribution < 1.29 is 54.6 Å². The number of ether oxygens (including phenoxy) is 3. The van der Waals surface area contributed by atoms with Gasteiger partial charge >= 0.3 is 5.97 Å². The summed E-state index contributed by atoms with van der Waals surface area (Å²) in [4.78, 5) is 13.2. The Bertz CT molecular complexity index is 1750. The van der Waals surface area contributed by atoms with E-state index in [9.17, 15) is 13.0 Å². The van der Waals surface area contributed by atoms with Gasteiger partial charge in [-0.25, -0.2) is 0 Å². The van der Waals surface area contributed by atoms with E-state index < -0.39 is 134 Å². The summed E-state index contributed by atoms with van der Waals surface area (Å²) in [5.74, 6) is -17.5. The molecule has 0 saturated carbocycles. The first-order valence-corrected chi connectivity index (χ1v) is 8.41. The topological polar surface area (TPSA) is 74.0 Å². The average molecular weight is 445 g/mol. The van der Waals surface area contributed by atoms with Crippen molar-refractivity contribution in [3.05, 3.63) is 23.2 Å². The van der Waals surface area contributed by atoms with Crippen molar-refractivity contribution in [1.29, 1.82) is 0 Å². The van der Waals surface area contributed by atoms with Crippen LogP contribution in [0.1, 0.15) is 93.0 Å². The summed E-state index contributed by atoms with van der Waals surface area (Å²) in [5, 5.41) is 0. The van der Waals surface area contributed by atoms with Gasteiger partial charge in [0.1, 0.15) is 12.1 Å². The minimum atomic E-state index is -4.71. The van der Waals surface area contributed by atoms with Gasteiger partial charge in [0.05, 0.1) is 19.7 Å². The lowest BCUT2D eigenvalue weighted by Crippen LogP contribution is -2.51. The SMILES string of the molecule is [2H]c1c(OC)c(OC)c([2H])c2c1C([2H])([2H])C([2H])([2H])N1C([2H])([2H])C([2H])(C([2H])([2H])C([2H])(C)C([2H])([2H])[2H])C(OC(=O)[C@@]([2H])(N)C([2H])(C([2H])([2H])[2H])C([2H])([2H])[2H])C([2H])([2H])C21[2H]. The van der Waals surface area contributed by atoms with Gasteiger partial charge in [-0.2, -0.15) is 0 Å². The first kappa shape index (κ1) is 6.61. The quantitative estimate of drug-likeness (QED) is 0.648. The zero-order valence-electron chi connectivity index (χ0n) is 42.2. The maximum absolute atomic E-state index is 14.0. The van der Waals surface area contributed by atoms with Crippen LogP contribution < -0.4 is 15.2 Å². The van der Waals surface area contributed by atoms with Crippen molar-refractivity contribution in [2.45, 2.75) is 64.7 Å². The predicted octanol–water partition coefficient (Wildman–Crippen LogP) is 3.56. The van der Waals surface area contributed by atoms with Crippen LogP contribution in [-0.2, 0) is 15.9 Å². The molecule has 3 rings (SSSR count). The van der Waals surface area contributed by atoms with Gasteiger partial charge in [-0.05, 0) is 47.7 Å². The van der Waals surface area contributed by atoms with Crippen molar-refractivity contribution in [2.75, 3.05) is 27.2 Å². The molecule has 4 unspecified atom stereocenters. The zero-order chi connectivity index (χ0) is 44.8. The molecule has 30 heavy (non-hydrogen) atoms. The number of esters is 1. The number of rotatable bonds is 7. The molecule has 1 fully saturated rings. The maximum atomic E-state index is 14.0. The molecule has 0 aliphatic carbocycles. The lowest BCUT2D eigenvalue weighted by Gasteiger charge is -2.47. The third-order valence-corrected chi connectivity index (χ3v) is 3.89. The molecule has 2 aliphatic rings. The van der Waals surface area contributed by atoms with Gasteiger partial charge in [-0.1, -0.05) is 27.5 Å². The molecule has 2 heterocycles. The molecule has 0 radical (unpaired) electrons. The van der Waals surface area contributed by atoms with Crippen molar-refractivity contribution >= 4 is 5.97 Å². The zero-order valence-corrected chi connectivity index (χ0v) is 16.2. The Kier molecular flexibility index (Phi) is 2.11. The second kappa shape index (κ2) is 9.56. The molecule has 6 nitrogen and oxygen atoms in total. The van der Waals surface area contributed by atoms with Crippen LogP contribution in [0.5, 0.6) is 11.5 Å². The molecule has 6 heteroatoms. The van der Waals surface area contributed by atoms with Gasteiger partial charge in [0.25, 0.3) is 0 Å². The molecule has 0 spiro atoms. The minimum Gasteiger partial charge on any atom is -0.493 e. The number of benzene rings is 1. The number of hydrogen-bond acceptors (Lipinski definition) is 6. The molecule has 0 amide bonds. The number of nitrogens with zero attached hydrogens (tertiary/aromatic N) is 1. The number of fused-ring (bicyclic) bond motifs is 3. The highest BCUT2D eigenvalue weighted by atomic mass is 16.5. The number of carbonyl (C=O) groups excluding carboxylic acids is 1.